The molecule has 0 heterocycles. The van der Waals surface area contributed by atoms with Crippen molar-refractivity contribution in [3.63, 3.8) is 0 Å². The summed E-state index contributed by atoms with van der Waals surface area (Å²) in [5.41, 5.74) is -0.796. The lowest BCUT2D eigenvalue weighted by Crippen LogP contribution is -2.43. The first kappa shape index (κ1) is 19.7. The van der Waals surface area contributed by atoms with Gasteiger partial charge in [0.1, 0.15) is 0 Å². The van der Waals surface area contributed by atoms with Crippen molar-refractivity contribution in [1.29, 1.82) is 0 Å². The third-order valence-corrected chi connectivity index (χ3v) is 5.97. The third-order valence-electron chi connectivity index (χ3n) is 5.97. The molecule has 2 unspecified atom stereocenters. The van der Waals surface area contributed by atoms with Crippen molar-refractivity contribution < 1.29 is 24.4 Å². The van der Waals surface area contributed by atoms with Crippen LogP contribution in [0.4, 0.5) is 5.69 Å². The molecular formula is C18H24N2O6. The molecule has 26 heavy (non-hydrogen) atoms. The van der Waals surface area contributed by atoms with Crippen LogP contribution < -0.4 is 4.74 Å². The Morgan fingerprint density at radius 2 is 2.00 bits per heavy atom. The number of ether oxygens (including phenoxy) is 2. The van der Waals surface area contributed by atoms with Crippen LogP contribution in [0.15, 0.2) is 23.4 Å². The summed E-state index contributed by atoms with van der Waals surface area (Å²) in [4.78, 5) is 23.1. The molecule has 2 rings (SSSR count). The number of benzene rings is 1. The van der Waals surface area contributed by atoms with E-state index in [9.17, 15) is 20.1 Å². The minimum Gasteiger partial charge on any atom is -0.490 e. The van der Waals surface area contributed by atoms with Gasteiger partial charge in [-0.2, -0.15) is 0 Å². The summed E-state index contributed by atoms with van der Waals surface area (Å²) in [6, 6.07) is 4.42. The number of oxime groups is 1. The molecule has 0 spiro atoms. The number of carbonyl (C=O) groups is 1. The molecule has 0 aromatic heterocycles. The Hall–Kier alpha value is -2.64. The Morgan fingerprint density at radius 1 is 1.35 bits per heavy atom. The zero-order valence-electron chi connectivity index (χ0n) is 15.6. The lowest BCUT2D eigenvalue weighted by Gasteiger charge is -2.39. The number of nitrogens with zero attached hydrogens (tertiary/aromatic N) is 2. The molecule has 1 aliphatic carbocycles. The summed E-state index contributed by atoms with van der Waals surface area (Å²) in [7, 11) is 2.70. The molecule has 1 saturated carbocycles. The van der Waals surface area contributed by atoms with Gasteiger partial charge in [-0.15, -0.1) is 0 Å². The van der Waals surface area contributed by atoms with Gasteiger partial charge in [-0.3, -0.25) is 14.9 Å². The average Bonchev–Trinajstić information content (AvgIpc) is 2.86. The second-order valence-electron chi connectivity index (χ2n) is 7.27. The topological polar surface area (TPSA) is 111 Å². The van der Waals surface area contributed by atoms with E-state index >= 15 is 0 Å². The summed E-state index contributed by atoms with van der Waals surface area (Å²) in [6.07, 6.45) is 1.16. The Labute approximate surface area is 151 Å². The number of esters is 1. The molecule has 1 aromatic rings. The maximum Gasteiger partial charge on any atom is 0.312 e. The van der Waals surface area contributed by atoms with Crippen molar-refractivity contribution in [3.8, 4) is 5.75 Å². The van der Waals surface area contributed by atoms with E-state index in [2.05, 4.69) is 5.16 Å². The fourth-order valence-electron chi connectivity index (χ4n) is 3.89. The maximum atomic E-state index is 12.3. The van der Waals surface area contributed by atoms with E-state index in [0.29, 0.717) is 24.1 Å². The fraction of sp³-hybridized carbons (Fsp3) is 0.556. The minimum atomic E-state index is -0.749. The van der Waals surface area contributed by atoms with Gasteiger partial charge >= 0.3 is 11.7 Å². The van der Waals surface area contributed by atoms with E-state index in [1.807, 2.05) is 20.8 Å². The molecule has 0 amide bonds. The van der Waals surface area contributed by atoms with Crippen LogP contribution in [0.1, 0.15) is 39.2 Å². The van der Waals surface area contributed by atoms with Crippen LogP contribution in [0.25, 0.3) is 0 Å². The lowest BCUT2D eigenvalue weighted by molar-refractivity contribution is -0.385. The van der Waals surface area contributed by atoms with Crippen molar-refractivity contribution in [2.75, 3.05) is 14.2 Å². The Balaban J connectivity index is 2.49. The Kier molecular flexibility index (Phi) is 5.25. The second kappa shape index (κ2) is 6.93. The van der Waals surface area contributed by atoms with Crippen LogP contribution in [0.5, 0.6) is 5.75 Å². The molecule has 1 aliphatic rings. The van der Waals surface area contributed by atoms with Crippen LogP contribution in [-0.4, -0.2) is 36.0 Å². The van der Waals surface area contributed by atoms with E-state index in [0.717, 1.165) is 0 Å². The van der Waals surface area contributed by atoms with E-state index in [1.54, 1.807) is 6.07 Å². The number of carbonyl (C=O) groups excluding carboxylic acids is 1. The van der Waals surface area contributed by atoms with Gasteiger partial charge in [0.25, 0.3) is 0 Å². The minimum absolute atomic E-state index is 0.126. The maximum absolute atomic E-state index is 12.3. The summed E-state index contributed by atoms with van der Waals surface area (Å²) in [5.74, 6) is -0.464. The molecule has 0 aliphatic heterocycles. The van der Waals surface area contributed by atoms with Gasteiger partial charge in [-0.25, -0.2) is 0 Å². The van der Waals surface area contributed by atoms with E-state index in [4.69, 9.17) is 9.47 Å². The molecule has 142 valence electrons. The predicted octanol–water partition coefficient (Wildman–Crippen LogP) is 3.40. The van der Waals surface area contributed by atoms with Crippen LogP contribution in [0, 0.1) is 26.9 Å². The van der Waals surface area contributed by atoms with Crippen molar-refractivity contribution in [2.24, 2.45) is 21.9 Å². The molecule has 0 saturated heterocycles. The number of rotatable bonds is 5. The molecule has 0 radical (unpaired) electrons. The first-order valence-corrected chi connectivity index (χ1v) is 8.27. The standard InChI is InChI=1S/C18H24N2O6/c1-17(2)12(8-9-18(17,3)16(21)26-5)15(19-22)11-6-7-14(25-4)13(10-11)20(23)24/h6-7,10,12,22H,8-9H2,1-5H3/b19-15+. The number of hydrogen-bond acceptors (Lipinski definition) is 7. The van der Waals surface area contributed by atoms with Gasteiger partial charge in [0.05, 0.1) is 30.3 Å². The first-order chi connectivity index (χ1) is 12.1. The lowest BCUT2D eigenvalue weighted by atomic mass is 9.64. The van der Waals surface area contributed by atoms with Crippen LogP contribution >= 0.6 is 0 Å². The zero-order chi connectivity index (χ0) is 19.7. The molecule has 8 heteroatoms. The number of hydrogen-bond donors (Lipinski definition) is 1. The Morgan fingerprint density at radius 3 is 2.50 bits per heavy atom. The molecular weight excluding hydrogens is 340 g/mol. The quantitative estimate of drug-likeness (QED) is 0.282. The predicted molar refractivity (Wildman–Crippen MR) is 94.6 cm³/mol. The highest BCUT2D eigenvalue weighted by Crippen LogP contribution is 2.57. The first-order valence-electron chi connectivity index (χ1n) is 8.27. The SMILES string of the molecule is COC(=O)C1(C)CCC(/C(=N/O)c2ccc(OC)c([N+](=O)[O-])c2)C1(C)C. The van der Waals surface area contributed by atoms with E-state index in [-0.39, 0.29) is 23.3 Å². The molecule has 8 nitrogen and oxygen atoms in total. The van der Waals surface area contributed by atoms with E-state index in [1.165, 1.54) is 26.4 Å². The highest BCUT2D eigenvalue weighted by atomic mass is 16.6. The van der Waals surface area contributed by atoms with Gasteiger partial charge in [0, 0.05) is 17.5 Å². The highest BCUT2D eigenvalue weighted by molar-refractivity contribution is 6.03. The summed E-state index contributed by atoms with van der Waals surface area (Å²) in [5, 5.41) is 24.4. The average molecular weight is 364 g/mol. The van der Waals surface area contributed by atoms with Crippen LogP contribution in [0.3, 0.4) is 0 Å². The number of nitro groups is 1. The molecule has 1 fully saturated rings. The monoisotopic (exact) mass is 364 g/mol. The van der Waals surface area contributed by atoms with Gasteiger partial charge in [0.2, 0.25) is 0 Å². The smallest absolute Gasteiger partial charge is 0.312 e. The fourth-order valence-corrected chi connectivity index (χ4v) is 3.89. The largest absolute Gasteiger partial charge is 0.490 e. The van der Waals surface area contributed by atoms with Gasteiger partial charge in [-0.1, -0.05) is 19.0 Å². The van der Waals surface area contributed by atoms with Crippen molar-refractivity contribution in [3.05, 3.63) is 33.9 Å². The van der Waals surface area contributed by atoms with Gasteiger partial charge in [-0.05, 0) is 37.3 Å². The van der Waals surface area contributed by atoms with Crippen molar-refractivity contribution in [1.82, 2.24) is 0 Å². The summed E-state index contributed by atoms with van der Waals surface area (Å²) >= 11 is 0. The second-order valence-corrected chi connectivity index (χ2v) is 7.27. The van der Waals surface area contributed by atoms with Crippen molar-refractivity contribution >= 4 is 17.4 Å². The van der Waals surface area contributed by atoms with Gasteiger partial charge in [0.15, 0.2) is 5.75 Å². The molecule has 1 N–H and O–H groups in total. The third kappa shape index (κ3) is 2.89. The van der Waals surface area contributed by atoms with Gasteiger partial charge < -0.3 is 14.7 Å². The number of methoxy groups -OCH3 is 2. The van der Waals surface area contributed by atoms with E-state index < -0.39 is 15.8 Å². The Bertz CT molecular complexity index is 758. The molecule has 0 bridgehead atoms. The summed E-state index contributed by atoms with van der Waals surface area (Å²) in [6.45, 7) is 5.68. The zero-order valence-corrected chi connectivity index (χ0v) is 15.6. The van der Waals surface area contributed by atoms with Crippen molar-refractivity contribution in [2.45, 2.75) is 33.6 Å². The molecule has 2 atom stereocenters. The molecule has 1 aromatic carbocycles. The highest BCUT2D eigenvalue weighted by Gasteiger charge is 2.58. The summed E-state index contributed by atoms with van der Waals surface area (Å²) < 4.78 is 9.99. The normalized spacial score (nSPS) is 25.0. The number of nitro benzene ring substituents is 1. The van der Waals surface area contributed by atoms with Crippen LogP contribution in [0.2, 0.25) is 0 Å². The van der Waals surface area contributed by atoms with Crippen LogP contribution in [-0.2, 0) is 9.53 Å².